The van der Waals surface area contributed by atoms with Gasteiger partial charge in [0, 0.05) is 25.0 Å². The lowest BCUT2D eigenvalue weighted by atomic mass is 10.2. The van der Waals surface area contributed by atoms with E-state index in [1.54, 1.807) is 0 Å². The summed E-state index contributed by atoms with van der Waals surface area (Å²) in [4.78, 5) is 0. The van der Waals surface area contributed by atoms with Crippen molar-refractivity contribution in [3.05, 3.63) is 39.9 Å². The number of nitrogens with zero attached hydrogens (tertiary/aromatic N) is 3. The molecule has 0 aliphatic carbocycles. The van der Waals surface area contributed by atoms with Crippen LogP contribution in [0.4, 0.5) is 0 Å². The molecule has 2 aromatic rings. The standard InChI is InChI=1S/C14H21BrN4/c1-5-16-10(2)12-7-6-8-19(12)9-13-14(15)11(3)17-18(13)4/h6-8,10,16H,5,9H2,1-4H3. The monoisotopic (exact) mass is 324 g/mol. The van der Waals surface area contributed by atoms with Crippen molar-refractivity contribution in [2.45, 2.75) is 33.4 Å². The average molecular weight is 325 g/mol. The molecule has 2 rings (SSSR count). The molecule has 0 spiro atoms. The van der Waals surface area contributed by atoms with E-state index in [2.05, 4.69) is 63.1 Å². The number of rotatable bonds is 5. The first kappa shape index (κ1) is 14.3. The van der Waals surface area contributed by atoms with E-state index in [9.17, 15) is 0 Å². The minimum absolute atomic E-state index is 0.355. The third-order valence-corrected chi connectivity index (χ3v) is 4.43. The highest BCUT2D eigenvalue weighted by molar-refractivity contribution is 9.10. The summed E-state index contributed by atoms with van der Waals surface area (Å²) in [6.45, 7) is 8.14. The Kier molecular flexibility index (Phi) is 4.47. The van der Waals surface area contributed by atoms with Crippen molar-refractivity contribution in [1.29, 1.82) is 0 Å². The summed E-state index contributed by atoms with van der Waals surface area (Å²) in [5, 5.41) is 7.90. The van der Waals surface area contributed by atoms with Crippen molar-refractivity contribution in [2.24, 2.45) is 7.05 Å². The van der Waals surface area contributed by atoms with Gasteiger partial charge in [0.05, 0.1) is 22.4 Å². The number of hydrogen-bond donors (Lipinski definition) is 1. The molecular weight excluding hydrogens is 304 g/mol. The Morgan fingerprint density at radius 1 is 1.47 bits per heavy atom. The van der Waals surface area contributed by atoms with Crippen molar-refractivity contribution in [1.82, 2.24) is 19.7 Å². The number of aryl methyl sites for hydroxylation is 2. The van der Waals surface area contributed by atoms with Gasteiger partial charge in [0.2, 0.25) is 0 Å². The molecule has 2 heterocycles. The van der Waals surface area contributed by atoms with Crippen LogP contribution < -0.4 is 5.32 Å². The minimum atomic E-state index is 0.355. The Labute approximate surface area is 122 Å². The zero-order valence-corrected chi connectivity index (χ0v) is 13.5. The fraction of sp³-hybridized carbons (Fsp3) is 0.500. The maximum absolute atomic E-state index is 4.44. The van der Waals surface area contributed by atoms with E-state index in [-0.39, 0.29) is 0 Å². The Balaban J connectivity index is 2.27. The van der Waals surface area contributed by atoms with E-state index in [1.807, 2.05) is 18.7 Å². The smallest absolute Gasteiger partial charge is 0.0739 e. The molecular formula is C14H21BrN4. The molecule has 104 valence electrons. The van der Waals surface area contributed by atoms with E-state index in [0.717, 1.165) is 23.3 Å². The molecule has 0 saturated heterocycles. The van der Waals surface area contributed by atoms with Crippen LogP contribution in [0.2, 0.25) is 0 Å². The van der Waals surface area contributed by atoms with Crippen LogP contribution in [0.1, 0.15) is 37.0 Å². The van der Waals surface area contributed by atoms with E-state index >= 15 is 0 Å². The summed E-state index contributed by atoms with van der Waals surface area (Å²) in [6, 6.07) is 4.62. The zero-order chi connectivity index (χ0) is 14.0. The van der Waals surface area contributed by atoms with Crippen LogP contribution in [0.15, 0.2) is 22.8 Å². The third-order valence-electron chi connectivity index (χ3n) is 3.40. The molecule has 0 amide bonds. The quantitative estimate of drug-likeness (QED) is 0.917. The SMILES string of the molecule is CCNC(C)c1cccn1Cc1c(Br)c(C)nn1C. The van der Waals surface area contributed by atoms with Crippen molar-refractivity contribution >= 4 is 15.9 Å². The van der Waals surface area contributed by atoms with Crippen LogP contribution in [-0.4, -0.2) is 20.9 Å². The van der Waals surface area contributed by atoms with Gasteiger partial charge in [-0.1, -0.05) is 6.92 Å². The van der Waals surface area contributed by atoms with Crippen LogP contribution in [0.5, 0.6) is 0 Å². The highest BCUT2D eigenvalue weighted by Crippen LogP contribution is 2.23. The molecule has 0 aliphatic heterocycles. The Morgan fingerprint density at radius 2 is 2.21 bits per heavy atom. The van der Waals surface area contributed by atoms with Gasteiger partial charge in [-0.2, -0.15) is 5.10 Å². The van der Waals surface area contributed by atoms with E-state index in [0.29, 0.717) is 6.04 Å². The summed E-state index contributed by atoms with van der Waals surface area (Å²) in [6.07, 6.45) is 2.12. The van der Waals surface area contributed by atoms with Gasteiger partial charge in [0.1, 0.15) is 0 Å². The molecule has 0 fully saturated rings. The number of hydrogen-bond acceptors (Lipinski definition) is 2. The summed E-state index contributed by atoms with van der Waals surface area (Å²) < 4.78 is 5.32. The molecule has 0 aliphatic rings. The van der Waals surface area contributed by atoms with Gasteiger partial charge < -0.3 is 9.88 Å². The molecule has 1 unspecified atom stereocenters. The van der Waals surface area contributed by atoms with Gasteiger partial charge in [-0.25, -0.2) is 0 Å². The summed E-state index contributed by atoms with van der Waals surface area (Å²) in [5.74, 6) is 0. The van der Waals surface area contributed by atoms with Crippen molar-refractivity contribution in [3.63, 3.8) is 0 Å². The van der Waals surface area contributed by atoms with Crippen molar-refractivity contribution in [2.75, 3.05) is 6.54 Å². The molecule has 0 aromatic carbocycles. The fourth-order valence-corrected chi connectivity index (χ4v) is 2.85. The lowest BCUT2D eigenvalue weighted by molar-refractivity contribution is 0.545. The van der Waals surface area contributed by atoms with Gasteiger partial charge in [-0.3, -0.25) is 4.68 Å². The van der Waals surface area contributed by atoms with E-state index < -0.39 is 0 Å². The molecule has 4 nitrogen and oxygen atoms in total. The highest BCUT2D eigenvalue weighted by Gasteiger charge is 2.14. The molecule has 19 heavy (non-hydrogen) atoms. The second-order valence-electron chi connectivity index (χ2n) is 4.81. The van der Waals surface area contributed by atoms with Crippen LogP contribution in [0.25, 0.3) is 0 Å². The Hall–Kier alpha value is -1.07. The molecule has 1 N–H and O–H groups in total. The van der Waals surface area contributed by atoms with Crippen LogP contribution in [0.3, 0.4) is 0 Å². The second-order valence-corrected chi connectivity index (χ2v) is 5.60. The first-order valence-electron chi connectivity index (χ1n) is 6.61. The molecule has 1 atom stereocenters. The van der Waals surface area contributed by atoms with Gasteiger partial charge in [0.25, 0.3) is 0 Å². The lowest BCUT2D eigenvalue weighted by Gasteiger charge is -2.16. The Morgan fingerprint density at radius 3 is 2.79 bits per heavy atom. The maximum atomic E-state index is 4.44. The predicted molar refractivity (Wildman–Crippen MR) is 81.3 cm³/mol. The first-order chi connectivity index (χ1) is 9.04. The lowest BCUT2D eigenvalue weighted by Crippen LogP contribution is -2.21. The minimum Gasteiger partial charge on any atom is -0.344 e. The third kappa shape index (κ3) is 2.92. The van der Waals surface area contributed by atoms with Gasteiger partial charge in [0.15, 0.2) is 0 Å². The van der Waals surface area contributed by atoms with Gasteiger partial charge in [-0.05, 0) is 48.5 Å². The van der Waals surface area contributed by atoms with Gasteiger partial charge >= 0.3 is 0 Å². The topological polar surface area (TPSA) is 34.8 Å². The zero-order valence-electron chi connectivity index (χ0n) is 11.9. The first-order valence-corrected chi connectivity index (χ1v) is 7.40. The normalized spacial score (nSPS) is 12.9. The fourth-order valence-electron chi connectivity index (χ4n) is 2.39. The van der Waals surface area contributed by atoms with Crippen LogP contribution >= 0.6 is 15.9 Å². The number of nitrogens with one attached hydrogen (secondary N) is 1. The maximum Gasteiger partial charge on any atom is 0.0739 e. The molecule has 2 aromatic heterocycles. The second kappa shape index (κ2) is 5.92. The van der Waals surface area contributed by atoms with E-state index in [4.69, 9.17) is 0 Å². The van der Waals surface area contributed by atoms with E-state index in [1.165, 1.54) is 11.4 Å². The predicted octanol–water partition coefficient (Wildman–Crippen LogP) is 3.01. The van der Waals surface area contributed by atoms with Crippen LogP contribution in [-0.2, 0) is 13.6 Å². The highest BCUT2D eigenvalue weighted by atomic mass is 79.9. The Bertz CT molecular complexity index is 556. The average Bonchev–Trinajstić information content (AvgIpc) is 2.91. The van der Waals surface area contributed by atoms with Crippen molar-refractivity contribution < 1.29 is 0 Å². The van der Waals surface area contributed by atoms with Gasteiger partial charge in [-0.15, -0.1) is 0 Å². The summed E-state index contributed by atoms with van der Waals surface area (Å²) >= 11 is 3.63. The van der Waals surface area contributed by atoms with Crippen molar-refractivity contribution in [3.8, 4) is 0 Å². The number of halogens is 1. The molecule has 0 saturated carbocycles. The molecule has 0 bridgehead atoms. The molecule has 5 heteroatoms. The van der Waals surface area contributed by atoms with Crippen LogP contribution in [0, 0.1) is 6.92 Å². The number of aromatic nitrogens is 3. The summed E-state index contributed by atoms with van der Waals surface area (Å²) in [7, 11) is 1.99. The largest absolute Gasteiger partial charge is 0.344 e. The molecule has 0 radical (unpaired) electrons. The summed E-state index contributed by atoms with van der Waals surface area (Å²) in [5.41, 5.74) is 3.53.